The molecule has 0 saturated heterocycles. The minimum Gasteiger partial charge on any atom is -0.292 e. The zero-order valence-corrected chi connectivity index (χ0v) is 14.7. The predicted molar refractivity (Wildman–Crippen MR) is 91.1 cm³/mol. The molecule has 1 N–H and O–H groups in total. The number of aryl methyl sites for hydroxylation is 1. The smallest absolute Gasteiger partial charge is 0.282 e. The molecule has 3 aromatic rings. The highest BCUT2D eigenvalue weighted by Gasteiger charge is 2.22. The van der Waals surface area contributed by atoms with Crippen molar-refractivity contribution in [2.24, 2.45) is 0 Å². The Morgan fingerprint density at radius 3 is 2.46 bits per heavy atom. The van der Waals surface area contributed by atoms with Crippen molar-refractivity contribution in [3.05, 3.63) is 59.2 Å². The van der Waals surface area contributed by atoms with Gasteiger partial charge in [-0.05, 0) is 18.6 Å². The second-order valence-electron chi connectivity index (χ2n) is 6.05. The molecule has 0 aliphatic heterocycles. The van der Waals surface area contributed by atoms with E-state index < -0.39 is 36.7 Å². The Kier molecular flexibility index (Phi) is 5.71. The Morgan fingerprint density at radius 1 is 1.11 bits per heavy atom. The molecule has 0 aliphatic rings. The first kappa shape index (κ1) is 19.5. The minimum absolute atomic E-state index is 0.0306. The molecule has 0 fully saturated rings. The summed E-state index contributed by atoms with van der Waals surface area (Å²) in [6, 6.07) is 8.34. The first-order chi connectivity index (χ1) is 13.3. The number of hydrogen-bond acceptors (Lipinski definition) is 4. The molecule has 0 atom stereocenters. The number of rotatable bonds is 7. The van der Waals surface area contributed by atoms with Gasteiger partial charge in [0.1, 0.15) is 24.3 Å². The van der Waals surface area contributed by atoms with Gasteiger partial charge in [0.05, 0.1) is 6.54 Å². The highest BCUT2D eigenvalue weighted by atomic mass is 19.3. The summed E-state index contributed by atoms with van der Waals surface area (Å²) in [6.07, 6.45) is -4.65. The van der Waals surface area contributed by atoms with Crippen molar-refractivity contribution in [2.45, 2.75) is 32.9 Å². The van der Waals surface area contributed by atoms with Crippen LogP contribution < -0.4 is 5.32 Å². The molecule has 0 unspecified atom stereocenters. The van der Waals surface area contributed by atoms with E-state index in [0.29, 0.717) is 17.3 Å². The van der Waals surface area contributed by atoms with Crippen LogP contribution in [0.25, 0.3) is 0 Å². The molecule has 2 heterocycles. The first-order valence-electron chi connectivity index (χ1n) is 8.20. The molecule has 148 valence electrons. The fourth-order valence-corrected chi connectivity index (χ4v) is 2.47. The van der Waals surface area contributed by atoms with Gasteiger partial charge >= 0.3 is 0 Å². The average Bonchev–Trinajstić information content (AvgIpc) is 3.24. The lowest BCUT2D eigenvalue weighted by molar-refractivity contribution is -0.117. The predicted octanol–water partition coefficient (Wildman–Crippen LogP) is 3.35. The molecular formula is C17H16F4N6O. The first-order valence-corrected chi connectivity index (χ1v) is 8.20. The van der Waals surface area contributed by atoms with Crippen molar-refractivity contribution in [2.75, 3.05) is 5.32 Å². The highest BCUT2D eigenvalue weighted by molar-refractivity contribution is 5.88. The number of hydrogen-bond donors (Lipinski definition) is 1. The number of amides is 1. The third-order valence-electron chi connectivity index (χ3n) is 3.82. The van der Waals surface area contributed by atoms with Gasteiger partial charge in [-0.2, -0.15) is 5.10 Å². The lowest BCUT2D eigenvalue weighted by Gasteiger charge is -2.06. The zero-order valence-electron chi connectivity index (χ0n) is 14.7. The van der Waals surface area contributed by atoms with Crippen molar-refractivity contribution < 1.29 is 22.4 Å². The molecule has 0 aliphatic carbocycles. The molecule has 11 heteroatoms. The number of benzene rings is 1. The van der Waals surface area contributed by atoms with Gasteiger partial charge in [0.25, 0.3) is 12.9 Å². The zero-order chi connectivity index (χ0) is 20.3. The Morgan fingerprint density at radius 2 is 1.82 bits per heavy atom. The average molecular weight is 396 g/mol. The Balaban J connectivity index is 1.64. The summed E-state index contributed by atoms with van der Waals surface area (Å²) in [7, 11) is 0. The fraction of sp³-hybridized carbons (Fsp3) is 0.294. The quantitative estimate of drug-likeness (QED) is 0.622. The molecule has 0 bridgehead atoms. The van der Waals surface area contributed by atoms with Crippen LogP contribution in [0, 0.1) is 6.92 Å². The number of alkyl halides is 4. The van der Waals surface area contributed by atoms with Crippen molar-refractivity contribution in [1.82, 2.24) is 24.5 Å². The molecule has 7 nitrogen and oxygen atoms in total. The van der Waals surface area contributed by atoms with E-state index in [1.54, 1.807) is 0 Å². The largest absolute Gasteiger partial charge is 0.292 e. The molecule has 2 aromatic heterocycles. The van der Waals surface area contributed by atoms with Gasteiger partial charge in [-0.25, -0.2) is 27.2 Å². The maximum Gasteiger partial charge on any atom is 0.282 e. The van der Waals surface area contributed by atoms with Gasteiger partial charge in [0, 0.05) is 0 Å². The molecule has 1 amide bonds. The summed E-state index contributed by atoms with van der Waals surface area (Å²) in [6.45, 7) is 1.73. The van der Waals surface area contributed by atoms with Crippen LogP contribution in [-0.2, 0) is 17.9 Å². The van der Waals surface area contributed by atoms with Gasteiger partial charge in [0.15, 0.2) is 0 Å². The van der Waals surface area contributed by atoms with Gasteiger partial charge in [0.2, 0.25) is 11.9 Å². The summed E-state index contributed by atoms with van der Waals surface area (Å²) in [5.41, 5.74) is 0.519. The number of carbonyl (C=O) groups is 1. The number of nitrogens with zero attached hydrogens (tertiary/aromatic N) is 5. The van der Waals surface area contributed by atoms with Crippen LogP contribution in [-0.4, -0.2) is 30.5 Å². The van der Waals surface area contributed by atoms with Crippen LogP contribution >= 0.6 is 0 Å². The van der Waals surface area contributed by atoms with E-state index in [-0.39, 0.29) is 5.95 Å². The third kappa shape index (κ3) is 4.72. The van der Waals surface area contributed by atoms with Crippen LogP contribution in [0.1, 0.15) is 35.4 Å². The molecule has 1 aromatic carbocycles. The molecular weight excluding hydrogens is 380 g/mol. The van der Waals surface area contributed by atoms with Crippen molar-refractivity contribution in [3.63, 3.8) is 0 Å². The van der Waals surface area contributed by atoms with Crippen molar-refractivity contribution in [3.8, 4) is 0 Å². The van der Waals surface area contributed by atoms with E-state index in [9.17, 15) is 22.4 Å². The van der Waals surface area contributed by atoms with Crippen LogP contribution in [0.5, 0.6) is 0 Å². The fourth-order valence-electron chi connectivity index (χ4n) is 2.47. The summed E-state index contributed by atoms with van der Waals surface area (Å²) in [5, 5.41) is 9.77. The van der Waals surface area contributed by atoms with Crippen molar-refractivity contribution in [1.29, 1.82) is 0 Å². The molecule has 0 spiro atoms. The molecule has 0 saturated carbocycles. The number of carbonyl (C=O) groups excluding carboxylic acids is 1. The minimum atomic E-state index is -3.04. The monoisotopic (exact) mass is 396 g/mol. The van der Waals surface area contributed by atoms with E-state index in [2.05, 4.69) is 20.5 Å². The van der Waals surface area contributed by atoms with Crippen LogP contribution in [0.3, 0.4) is 0 Å². The Hall–Kier alpha value is -3.24. The standard InChI is InChI=1S/C17H16F4N6O/c1-10-2-4-11(5-3-10)7-26-9-22-17(25-26)23-14(28)8-27-13(16(20)21)6-12(24-27)15(18)19/h2-6,9,15-16H,7-8H2,1H3,(H,23,25,28). The summed E-state index contributed by atoms with van der Waals surface area (Å²) >= 11 is 0. The van der Waals surface area contributed by atoms with E-state index in [4.69, 9.17) is 0 Å². The van der Waals surface area contributed by atoms with Gasteiger partial charge in [-0.3, -0.25) is 14.8 Å². The normalized spacial score (nSPS) is 11.4. The SMILES string of the molecule is Cc1ccc(Cn2cnc(NC(=O)Cn3nc(C(F)F)cc3C(F)F)n2)cc1. The third-order valence-corrected chi connectivity index (χ3v) is 3.82. The molecule has 0 radical (unpaired) electrons. The second-order valence-corrected chi connectivity index (χ2v) is 6.05. The van der Waals surface area contributed by atoms with Crippen LogP contribution in [0.15, 0.2) is 36.7 Å². The lowest BCUT2D eigenvalue weighted by Crippen LogP contribution is -2.22. The molecule has 3 rings (SSSR count). The number of nitrogens with one attached hydrogen (secondary N) is 1. The maximum atomic E-state index is 13.0. The maximum absolute atomic E-state index is 13.0. The summed E-state index contributed by atoms with van der Waals surface area (Å²) < 4.78 is 53.3. The molecule has 28 heavy (non-hydrogen) atoms. The van der Waals surface area contributed by atoms with E-state index in [0.717, 1.165) is 11.1 Å². The highest BCUT2D eigenvalue weighted by Crippen LogP contribution is 2.25. The van der Waals surface area contributed by atoms with Gasteiger partial charge in [-0.15, -0.1) is 5.10 Å². The van der Waals surface area contributed by atoms with E-state index in [1.165, 1.54) is 11.0 Å². The van der Waals surface area contributed by atoms with E-state index >= 15 is 0 Å². The Bertz CT molecular complexity index is 951. The number of halogens is 4. The number of aromatic nitrogens is 5. The van der Waals surface area contributed by atoms with Crippen molar-refractivity contribution >= 4 is 11.9 Å². The van der Waals surface area contributed by atoms with Gasteiger partial charge < -0.3 is 0 Å². The second kappa shape index (κ2) is 8.19. The van der Waals surface area contributed by atoms with Gasteiger partial charge in [-0.1, -0.05) is 29.8 Å². The number of anilines is 1. The Labute approximate surface area is 157 Å². The van der Waals surface area contributed by atoms with Crippen LogP contribution in [0.2, 0.25) is 0 Å². The summed E-state index contributed by atoms with van der Waals surface area (Å²) in [4.78, 5) is 16.0. The van der Waals surface area contributed by atoms with Crippen LogP contribution in [0.4, 0.5) is 23.5 Å². The van der Waals surface area contributed by atoms with E-state index in [1.807, 2.05) is 31.2 Å². The lowest BCUT2D eigenvalue weighted by atomic mass is 10.1. The topological polar surface area (TPSA) is 77.6 Å². The summed E-state index contributed by atoms with van der Waals surface area (Å²) in [5.74, 6) is -0.796.